The third kappa shape index (κ3) is 3.65. The topological polar surface area (TPSA) is 76.2 Å². The van der Waals surface area contributed by atoms with Gasteiger partial charge >= 0.3 is 5.97 Å². The number of nitrogens with zero attached hydrogens (tertiary/aromatic N) is 2. The van der Waals surface area contributed by atoms with Crippen molar-refractivity contribution in [3.63, 3.8) is 0 Å². The van der Waals surface area contributed by atoms with Crippen molar-refractivity contribution in [3.8, 4) is 0 Å². The molecule has 0 spiro atoms. The number of carboxylic acid groups (broad SMARTS) is 1. The maximum absolute atomic E-state index is 13.0. The lowest BCUT2D eigenvalue weighted by Gasteiger charge is -2.20. The Morgan fingerprint density at radius 3 is 2.62 bits per heavy atom. The summed E-state index contributed by atoms with van der Waals surface area (Å²) in [4.78, 5) is 14.8. The van der Waals surface area contributed by atoms with Gasteiger partial charge in [-0.05, 0) is 38.0 Å². The lowest BCUT2D eigenvalue weighted by atomic mass is 9.84. The van der Waals surface area contributed by atoms with Gasteiger partial charge in [-0.1, -0.05) is 17.3 Å². The number of aryl methyl sites for hydroxylation is 1. The summed E-state index contributed by atoms with van der Waals surface area (Å²) in [5.41, 5.74) is 0.365. The molecule has 0 unspecified atom stereocenters. The van der Waals surface area contributed by atoms with Gasteiger partial charge in [0.1, 0.15) is 5.82 Å². The highest BCUT2D eigenvalue weighted by molar-refractivity contribution is 5.66. The van der Waals surface area contributed by atoms with E-state index in [-0.39, 0.29) is 12.2 Å². The second-order valence-corrected chi connectivity index (χ2v) is 5.39. The fourth-order valence-corrected chi connectivity index (χ4v) is 2.00. The summed E-state index contributed by atoms with van der Waals surface area (Å²) >= 11 is 0. The van der Waals surface area contributed by atoms with Crippen LogP contribution in [0.25, 0.3) is 0 Å². The van der Waals surface area contributed by atoms with E-state index in [1.807, 2.05) is 13.8 Å². The van der Waals surface area contributed by atoms with E-state index in [0.29, 0.717) is 24.6 Å². The Labute approximate surface area is 121 Å². The molecule has 2 aromatic rings. The van der Waals surface area contributed by atoms with Gasteiger partial charge in [-0.15, -0.1) is 0 Å². The van der Waals surface area contributed by atoms with Crippen LogP contribution in [-0.4, -0.2) is 21.2 Å². The lowest BCUT2D eigenvalue weighted by molar-refractivity contribution is -0.137. The van der Waals surface area contributed by atoms with E-state index < -0.39 is 11.4 Å². The highest BCUT2D eigenvalue weighted by Gasteiger charge is 2.28. The van der Waals surface area contributed by atoms with Crippen molar-refractivity contribution in [2.24, 2.45) is 0 Å². The molecule has 1 aromatic carbocycles. The Hall–Kier alpha value is -2.24. The molecule has 0 saturated heterocycles. The van der Waals surface area contributed by atoms with Crippen molar-refractivity contribution in [1.82, 2.24) is 10.1 Å². The Morgan fingerprint density at radius 2 is 2.00 bits per heavy atom. The molecule has 0 amide bonds. The first-order chi connectivity index (χ1) is 9.89. The number of halogens is 1. The molecule has 2 rings (SSSR count). The molecule has 1 N–H and O–H groups in total. The predicted molar refractivity (Wildman–Crippen MR) is 73.4 cm³/mol. The van der Waals surface area contributed by atoms with Crippen LogP contribution in [0.1, 0.15) is 44.0 Å². The number of carbonyl (C=O) groups is 1. The van der Waals surface area contributed by atoms with E-state index in [1.165, 1.54) is 12.1 Å². The number of benzene rings is 1. The summed E-state index contributed by atoms with van der Waals surface area (Å²) < 4.78 is 18.1. The first-order valence-electron chi connectivity index (χ1n) is 6.70. The Balaban J connectivity index is 2.11. The summed E-state index contributed by atoms with van der Waals surface area (Å²) in [6.07, 6.45) is 0.950. The van der Waals surface area contributed by atoms with E-state index in [2.05, 4.69) is 10.1 Å². The molecule has 21 heavy (non-hydrogen) atoms. The summed E-state index contributed by atoms with van der Waals surface area (Å²) in [6.45, 7) is 3.85. The number of carboxylic acids is 1. The lowest BCUT2D eigenvalue weighted by Crippen LogP contribution is -2.20. The van der Waals surface area contributed by atoms with Gasteiger partial charge in [0.05, 0.1) is 5.41 Å². The smallest absolute Gasteiger partial charge is 0.303 e. The van der Waals surface area contributed by atoms with Crippen molar-refractivity contribution >= 4 is 5.97 Å². The number of aromatic nitrogens is 2. The van der Waals surface area contributed by atoms with Gasteiger partial charge in [0.15, 0.2) is 5.82 Å². The maximum Gasteiger partial charge on any atom is 0.303 e. The van der Waals surface area contributed by atoms with Crippen LogP contribution in [0.3, 0.4) is 0 Å². The second kappa shape index (κ2) is 6.03. The van der Waals surface area contributed by atoms with E-state index in [1.54, 1.807) is 12.1 Å². The minimum Gasteiger partial charge on any atom is -0.481 e. The van der Waals surface area contributed by atoms with Gasteiger partial charge in [0.25, 0.3) is 0 Å². The summed E-state index contributed by atoms with van der Waals surface area (Å²) in [5.74, 6) is -0.223. The molecule has 1 aromatic heterocycles. The van der Waals surface area contributed by atoms with Crippen LogP contribution in [0.2, 0.25) is 0 Å². The van der Waals surface area contributed by atoms with Gasteiger partial charge < -0.3 is 9.63 Å². The first-order valence-corrected chi connectivity index (χ1v) is 6.70. The highest BCUT2D eigenvalue weighted by atomic mass is 19.1. The summed E-state index contributed by atoms with van der Waals surface area (Å²) in [7, 11) is 0. The normalized spacial score (nSPS) is 11.6. The zero-order chi connectivity index (χ0) is 15.5. The zero-order valence-corrected chi connectivity index (χ0v) is 12.0. The van der Waals surface area contributed by atoms with E-state index >= 15 is 0 Å². The van der Waals surface area contributed by atoms with Crippen LogP contribution in [0.15, 0.2) is 28.8 Å². The molecule has 0 saturated carbocycles. The largest absolute Gasteiger partial charge is 0.481 e. The van der Waals surface area contributed by atoms with Crippen LogP contribution in [0.5, 0.6) is 0 Å². The van der Waals surface area contributed by atoms with Crippen molar-refractivity contribution < 1.29 is 18.8 Å². The minimum atomic E-state index is -0.846. The first kappa shape index (κ1) is 15.2. The standard InChI is InChI=1S/C15H17FN2O3/c1-15(2,10-6-8-11(16)9-7-10)14-17-12(21-18-14)4-3-5-13(19)20/h6-9H,3-5H2,1-2H3,(H,19,20). The molecular weight excluding hydrogens is 275 g/mol. The average molecular weight is 292 g/mol. The molecule has 0 radical (unpaired) electrons. The number of hydrogen-bond donors (Lipinski definition) is 1. The van der Waals surface area contributed by atoms with Crippen LogP contribution < -0.4 is 0 Å². The van der Waals surface area contributed by atoms with E-state index in [9.17, 15) is 9.18 Å². The van der Waals surface area contributed by atoms with Crippen molar-refractivity contribution in [3.05, 3.63) is 47.4 Å². The quantitative estimate of drug-likeness (QED) is 0.885. The number of hydrogen-bond acceptors (Lipinski definition) is 4. The third-order valence-electron chi connectivity index (χ3n) is 3.37. The van der Waals surface area contributed by atoms with Gasteiger partial charge in [0.2, 0.25) is 5.89 Å². The van der Waals surface area contributed by atoms with Gasteiger partial charge in [0, 0.05) is 12.8 Å². The van der Waals surface area contributed by atoms with E-state index in [0.717, 1.165) is 5.56 Å². The molecule has 6 heteroatoms. The van der Waals surface area contributed by atoms with Crippen LogP contribution in [0, 0.1) is 5.82 Å². The molecule has 0 fully saturated rings. The Morgan fingerprint density at radius 1 is 1.33 bits per heavy atom. The molecule has 5 nitrogen and oxygen atoms in total. The van der Waals surface area contributed by atoms with Gasteiger partial charge in [-0.2, -0.15) is 4.98 Å². The van der Waals surface area contributed by atoms with Gasteiger partial charge in [-0.3, -0.25) is 4.79 Å². The molecule has 0 bridgehead atoms. The number of rotatable bonds is 6. The average Bonchev–Trinajstić information content (AvgIpc) is 2.88. The highest BCUT2D eigenvalue weighted by Crippen LogP contribution is 2.29. The minimum absolute atomic E-state index is 0.0685. The molecule has 0 aliphatic carbocycles. The van der Waals surface area contributed by atoms with Crippen molar-refractivity contribution in [2.45, 2.75) is 38.5 Å². The number of aliphatic carboxylic acids is 1. The zero-order valence-electron chi connectivity index (χ0n) is 12.0. The van der Waals surface area contributed by atoms with Crippen molar-refractivity contribution in [2.75, 3.05) is 0 Å². The van der Waals surface area contributed by atoms with Crippen LogP contribution in [-0.2, 0) is 16.6 Å². The maximum atomic E-state index is 13.0. The summed E-state index contributed by atoms with van der Waals surface area (Å²) in [6, 6.07) is 6.17. The fraction of sp³-hybridized carbons (Fsp3) is 0.400. The van der Waals surface area contributed by atoms with Gasteiger partial charge in [-0.25, -0.2) is 4.39 Å². The summed E-state index contributed by atoms with van der Waals surface area (Å²) in [5, 5.41) is 12.6. The second-order valence-electron chi connectivity index (χ2n) is 5.39. The molecule has 0 aliphatic rings. The Bertz CT molecular complexity index is 620. The molecule has 112 valence electrons. The predicted octanol–water partition coefficient (Wildman–Crippen LogP) is 2.94. The molecular formula is C15H17FN2O3. The van der Waals surface area contributed by atoms with Crippen molar-refractivity contribution in [1.29, 1.82) is 0 Å². The molecule has 0 aliphatic heterocycles. The van der Waals surface area contributed by atoms with E-state index in [4.69, 9.17) is 9.63 Å². The molecule has 1 heterocycles. The molecule has 0 atom stereocenters. The SMILES string of the molecule is CC(C)(c1ccc(F)cc1)c1noc(CCCC(=O)O)n1. The third-order valence-corrected chi connectivity index (χ3v) is 3.37. The fourth-order valence-electron chi connectivity index (χ4n) is 2.00. The van der Waals surface area contributed by atoms with Crippen LogP contribution in [0.4, 0.5) is 4.39 Å². The Kier molecular flexibility index (Phi) is 4.35. The monoisotopic (exact) mass is 292 g/mol. The van der Waals surface area contributed by atoms with Crippen LogP contribution >= 0.6 is 0 Å².